The number of nitrogens with two attached hydrogens (primary N) is 3. The smallest absolute Gasteiger partial charge is 0.326 e. The molecule has 2 atom stereocenters. The monoisotopic (exact) mass is 460 g/mol. The maximum atomic E-state index is 12.3. The predicted molar refractivity (Wildman–Crippen MR) is 113 cm³/mol. The zero-order chi connectivity index (χ0) is 24.8. The van der Waals surface area contributed by atoms with Gasteiger partial charge in [0.15, 0.2) is 5.96 Å². The van der Waals surface area contributed by atoms with Crippen molar-refractivity contribution in [2.75, 3.05) is 26.2 Å². The Balaban J connectivity index is 4.66. The quantitative estimate of drug-likeness (QED) is 0.0385. The molecule has 0 fully saturated rings. The van der Waals surface area contributed by atoms with Crippen LogP contribution >= 0.6 is 0 Å². The van der Waals surface area contributed by atoms with Gasteiger partial charge in [-0.1, -0.05) is 13.8 Å². The van der Waals surface area contributed by atoms with Crippen molar-refractivity contribution in [3.05, 3.63) is 0 Å². The SMILES string of the molecule is CC(C)[C@H](NC(=O)[C@@H](CC(=O)O)NC(=O)CNC(=O)CN(N)CCCN=C(N)N)C(=O)O. The number of nitrogens with one attached hydrogen (secondary N) is 3. The third-order valence-electron chi connectivity index (χ3n) is 3.95. The summed E-state index contributed by atoms with van der Waals surface area (Å²) < 4.78 is 0. The second-order valence-corrected chi connectivity index (χ2v) is 7.19. The number of aliphatic imine (C=N–C) groups is 1. The molecule has 32 heavy (non-hydrogen) atoms. The van der Waals surface area contributed by atoms with Crippen LogP contribution in [0.4, 0.5) is 0 Å². The van der Waals surface area contributed by atoms with Gasteiger partial charge in [-0.05, 0) is 12.3 Å². The second-order valence-electron chi connectivity index (χ2n) is 7.19. The number of aliphatic carboxylic acids is 2. The fourth-order valence-corrected chi connectivity index (χ4v) is 2.38. The highest BCUT2D eigenvalue weighted by molar-refractivity contribution is 5.94. The van der Waals surface area contributed by atoms with Crippen molar-refractivity contribution in [2.24, 2.45) is 28.2 Å². The lowest BCUT2D eigenvalue weighted by Gasteiger charge is -2.22. The number of hydrogen-bond acceptors (Lipinski definition) is 8. The molecule has 0 heterocycles. The van der Waals surface area contributed by atoms with Crippen LogP contribution in [-0.2, 0) is 24.0 Å². The van der Waals surface area contributed by atoms with E-state index in [4.69, 9.17) is 27.5 Å². The summed E-state index contributed by atoms with van der Waals surface area (Å²) in [6.45, 7) is 2.96. The fraction of sp³-hybridized carbons (Fsp3) is 0.647. The summed E-state index contributed by atoms with van der Waals surface area (Å²) in [6.07, 6.45) is -0.288. The Morgan fingerprint density at radius 1 is 1.03 bits per heavy atom. The highest BCUT2D eigenvalue weighted by Gasteiger charge is 2.29. The van der Waals surface area contributed by atoms with Crippen LogP contribution in [0.3, 0.4) is 0 Å². The number of guanidine groups is 1. The zero-order valence-corrected chi connectivity index (χ0v) is 18.0. The van der Waals surface area contributed by atoms with E-state index in [1.165, 1.54) is 5.01 Å². The van der Waals surface area contributed by atoms with Gasteiger partial charge in [0.1, 0.15) is 12.1 Å². The summed E-state index contributed by atoms with van der Waals surface area (Å²) in [5, 5.41) is 26.0. The lowest BCUT2D eigenvalue weighted by atomic mass is 10.0. The average Bonchev–Trinajstić information content (AvgIpc) is 2.66. The topological polar surface area (TPSA) is 256 Å². The molecule has 0 radical (unpaired) electrons. The van der Waals surface area contributed by atoms with Gasteiger partial charge in [0.05, 0.1) is 19.5 Å². The molecule has 0 aromatic rings. The first-order chi connectivity index (χ1) is 14.8. The molecule has 0 aliphatic rings. The Hall–Kier alpha value is -3.46. The summed E-state index contributed by atoms with van der Waals surface area (Å²) in [5.41, 5.74) is 10.4. The van der Waals surface area contributed by atoms with Crippen LogP contribution in [0.2, 0.25) is 0 Å². The molecule has 0 spiro atoms. The van der Waals surface area contributed by atoms with Crippen LogP contribution in [0.15, 0.2) is 4.99 Å². The van der Waals surface area contributed by atoms with E-state index >= 15 is 0 Å². The van der Waals surface area contributed by atoms with E-state index in [1.807, 2.05) is 0 Å². The Morgan fingerprint density at radius 3 is 2.16 bits per heavy atom. The normalized spacial score (nSPS) is 12.5. The van der Waals surface area contributed by atoms with E-state index < -0.39 is 60.6 Å². The summed E-state index contributed by atoms with van der Waals surface area (Å²) in [7, 11) is 0. The molecular weight excluding hydrogens is 428 g/mol. The summed E-state index contributed by atoms with van der Waals surface area (Å²) >= 11 is 0. The van der Waals surface area contributed by atoms with E-state index in [-0.39, 0.29) is 12.5 Å². The number of rotatable bonds is 15. The first kappa shape index (κ1) is 28.5. The minimum atomic E-state index is -1.53. The van der Waals surface area contributed by atoms with Gasteiger partial charge in [0.25, 0.3) is 0 Å². The summed E-state index contributed by atoms with van der Waals surface area (Å²) in [5.74, 6) is 0.0433. The van der Waals surface area contributed by atoms with E-state index in [9.17, 15) is 24.0 Å². The van der Waals surface area contributed by atoms with Crippen molar-refractivity contribution in [1.29, 1.82) is 0 Å². The van der Waals surface area contributed by atoms with Crippen LogP contribution in [0.25, 0.3) is 0 Å². The Bertz CT molecular complexity index is 709. The standard InChI is InChI=1S/C17H32N8O7/c1-9(2)14(16(31)32)24-15(30)10(6-13(28)29)23-11(26)7-22-12(27)8-25(20)5-3-4-21-17(18)19/h9-10,14H,3-8,20H2,1-2H3,(H,22,27)(H,23,26)(H,24,30)(H,28,29)(H,31,32)(H4,18,19,21)/t10-,14+/m1/s1. The minimum absolute atomic E-state index is 0.0603. The number of amides is 3. The molecule has 11 N–H and O–H groups in total. The van der Waals surface area contributed by atoms with Gasteiger partial charge in [-0.25, -0.2) is 9.80 Å². The third kappa shape index (κ3) is 13.0. The molecule has 0 rings (SSSR count). The Labute approximate surface area is 184 Å². The molecule has 0 unspecified atom stereocenters. The molecule has 0 aromatic carbocycles. The van der Waals surface area contributed by atoms with Crippen molar-refractivity contribution in [2.45, 2.75) is 38.8 Å². The van der Waals surface area contributed by atoms with Crippen LogP contribution < -0.4 is 33.3 Å². The van der Waals surface area contributed by atoms with Gasteiger partial charge in [-0.2, -0.15) is 0 Å². The summed E-state index contributed by atoms with van der Waals surface area (Å²) in [6, 6.07) is -2.79. The van der Waals surface area contributed by atoms with Crippen molar-refractivity contribution in [1.82, 2.24) is 21.0 Å². The molecule has 0 saturated carbocycles. The number of carbonyl (C=O) groups excluding carboxylic acids is 3. The Kier molecular flexibility index (Phi) is 13.0. The molecular formula is C17H32N8O7. The lowest BCUT2D eigenvalue weighted by Crippen LogP contribution is -2.55. The zero-order valence-electron chi connectivity index (χ0n) is 18.0. The van der Waals surface area contributed by atoms with Gasteiger partial charge in [-0.15, -0.1) is 0 Å². The van der Waals surface area contributed by atoms with Crippen molar-refractivity contribution >= 4 is 35.6 Å². The van der Waals surface area contributed by atoms with E-state index in [2.05, 4.69) is 20.9 Å². The predicted octanol–water partition coefficient (Wildman–Crippen LogP) is -3.87. The van der Waals surface area contributed by atoms with Gasteiger partial charge in [0, 0.05) is 13.1 Å². The number of carboxylic acid groups (broad SMARTS) is 2. The molecule has 0 aliphatic heterocycles. The number of nitrogens with zero attached hydrogens (tertiary/aromatic N) is 2. The van der Waals surface area contributed by atoms with Crippen LogP contribution in [0, 0.1) is 5.92 Å². The molecule has 182 valence electrons. The molecule has 0 saturated heterocycles. The molecule has 0 aliphatic carbocycles. The molecule has 3 amide bonds. The number of hydrazine groups is 1. The van der Waals surface area contributed by atoms with Crippen LogP contribution in [0.1, 0.15) is 26.7 Å². The fourth-order valence-electron chi connectivity index (χ4n) is 2.38. The minimum Gasteiger partial charge on any atom is -0.481 e. The highest BCUT2D eigenvalue weighted by atomic mass is 16.4. The first-order valence-corrected chi connectivity index (χ1v) is 9.69. The summed E-state index contributed by atoms with van der Waals surface area (Å²) in [4.78, 5) is 62.2. The molecule has 15 nitrogen and oxygen atoms in total. The molecule has 0 bridgehead atoms. The first-order valence-electron chi connectivity index (χ1n) is 9.69. The van der Waals surface area contributed by atoms with Gasteiger partial charge in [0.2, 0.25) is 17.7 Å². The van der Waals surface area contributed by atoms with Gasteiger partial charge >= 0.3 is 11.9 Å². The maximum Gasteiger partial charge on any atom is 0.326 e. The number of carboxylic acids is 2. The van der Waals surface area contributed by atoms with Crippen molar-refractivity contribution in [3.8, 4) is 0 Å². The Morgan fingerprint density at radius 2 is 1.66 bits per heavy atom. The van der Waals surface area contributed by atoms with Gasteiger partial charge in [-0.3, -0.25) is 30.0 Å². The lowest BCUT2D eigenvalue weighted by molar-refractivity contribution is -0.144. The van der Waals surface area contributed by atoms with Crippen molar-refractivity contribution < 1.29 is 34.2 Å². The number of carbonyl (C=O) groups is 5. The largest absolute Gasteiger partial charge is 0.481 e. The maximum absolute atomic E-state index is 12.3. The average molecular weight is 460 g/mol. The van der Waals surface area contributed by atoms with E-state index in [1.54, 1.807) is 13.8 Å². The van der Waals surface area contributed by atoms with Crippen LogP contribution in [-0.4, -0.2) is 89.1 Å². The number of hydrogen-bond donors (Lipinski definition) is 8. The van der Waals surface area contributed by atoms with Gasteiger partial charge < -0.3 is 37.6 Å². The third-order valence-corrected chi connectivity index (χ3v) is 3.95. The molecule has 15 heteroatoms. The highest BCUT2D eigenvalue weighted by Crippen LogP contribution is 2.03. The van der Waals surface area contributed by atoms with Crippen LogP contribution in [0.5, 0.6) is 0 Å². The van der Waals surface area contributed by atoms with Crippen molar-refractivity contribution in [3.63, 3.8) is 0 Å². The van der Waals surface area contributed by atoms with E-state index in [0.29, 0.717) is 19.5 Å². The second kappa shape index (κ2) is 14.5. The van der Waals surface area contributed by atoms with E-state index in [0.717, 1.165) is 0 Å². The molecule has 0 aromatic heterocycles.